The van der Waals surface area contributed by atoms with Gasteiger partial charge in [0.05, 0.1) is 22.5 Å². The fourth-order valence-corrected chi connectivity index (χ4v) is 11.3. The summed E-state index contributed by atoms with van der Waals surface area (Å²) in [5, 5.41) is 12.5. The van der Waals surface area contributed by atoms with Crippen molar-refractivity contribution in [2.75, 3.05) is 0 Å². The van der Waals surface area contributed by atoms with Gasteiger partial charge in [-0.3, -0.25) is 9.59 Å². The number of rotatable bonds is 0. The number of carbonyl (C=O) groups is 2. The lowest BCUT2D eigenvalue weighted by Gasteiger charge is -2.54. The summed E-state index contributed by atoms with van der Waals surface area (Å²) in [6.07, 6.45) is 7.17. The molecule has 3 saturated heterocycles. The Kier molecular flexibility index (Phi) is 3.81. The Balaban J connectivity index is 1.33. The third-order valence-corrected chi connectivity index (χ3v) is 13.1. The zero-order chi connectivity index (χ0) is 25.2. The van der Waals surface area contributed by atoms with Crippen LogP contribution in [0.5, 0.6) is 0 Å². The van der Waals surface area contributed by atoms with E-state index in [0.29, 0.717) is 6.42 Å². The third kappa shape index (κ3) is 2.02. The second-order valence-corrected chi connectivity index (χ2v) is 14.1. The second kappa shape index (κ2) is 6.14. The molecule has 194 valence electrons. The summed E-state index contributed by atoms with van der Waals surface area (Å²) in [7, 11) is 0. The van der Waals surface area contributed by atoms with Crippen LogP contribution in [0, 0.1) is 40.4 Å². The smallest absolute Gasteiger partial charge is 0.313 e. The van der Waals surface area contributed by atoms with Gasteiger partial charge in [0, 0.05) is 23.2 Å². The van der Waals surface area contributed by atoms with Crippen molar-refractivity contribution in [3.63, 3.8) is 0 Å². The Hall–Kier alpha value is -1.66. The Morgan fingerprint density at radius 2 is 1.83 bits per heavy atom. The maximum atomic E-state index is 14.4. The minimum Gasteiger partial charge on any atom is -0.461 e. The molecule has 3 spiro atoms. The molecule has 3 heterocycles. The molecule has 0 radical (unpaired) electrons. The molecule has 6 fully saturated rings. The van der Waals surface area contributed by atoms with Gasteiger partial charge in [0.1, 0.15) is 17.8 Å². The molecule has 36 heavy (non-hydrogen) atoms. The lowest BCUT2D eigenvalue weighted by atomic mass is 9.48. The Morgan fingerprint density at radius 1 is 1.06 bits per heavy atom. The SMILES string of the molecule is CC1=CC[C@]23O[C@@]2(C)CC[C@@H]2[C@H](OC(=O)[C@]24C[C@H]2C[C@]45C(=C2C)[C@@H]2OC(=O)[C@H](C)[C@@H]2CC[C@@]5(C)O)[C@@H]13. The van der Waals surface area contributed by atoms with E-state index in [2.05, 4.69) is 26.8 Å². The van der Waals surface area contributed by atoms with Gasteiger partial charge >= 0.3 is 11.9 Å². The van der Waals surface area contributed by atoms with E-state index in [0.717, 1.165) is 44.1 Å². The molecular formula is C30H38O6. The molecule has 0 amide bonds. The molecule has 8 rings (SSSR count). The van der Waals surface area contributed by atoms with E-state index in [1.54, 1.807) is 0 Å². The molecule has 6 heteroatoms. The van der Waals surface area contributed by atoms with Crippen molar-refractivity contribution in [1.29, 1.82) is 0 Å². The molecule has 0 aromatic carbocycles. The standard InChI is InChI=1S/C30H38O6/c1-14-6-11-30-20(14)23-19(8-10-27(30,5)36-30)28(25(32)35-23)12-17-13-29(28)21(15(17)2)22-18(7-9-26(29,4)33)16(3)24(31)34-22/h6,16-20,22-23,33H,7-13H2,1-5H3/t16-,17+,18+,19-,20-,22-,23+,26-,27+,28+,29-,30-/m1/s1. The normalized spacial score (nSPS) is 59.9. The quantitative estimate of drug-likeness (QED) is 0.308. The summed E-state index contributed by atoms with van der Waals surface area (Å²) in [5.74, 6) is -0.0883. The predicted molar refractivity (Wildman–Crippen MR) is 129 cm³/mol. The average Bonchev–Trinajstić information content (AvgIpc) is 3.21. The van der Waals surface area contributed by atoms with Gasteiger partial charge in [0.2, 0.25) is 0 Å². The summed E-state index contributed by atoms with van der Waals surface area (Å²) >= 11 is 0. The largest absolute Gasteiger partial charge is 0.461 e. The van der Waals surface area contributed by atoms with E-state index in [9.17, 15) is 14.7 Å². The van der Waals surface area contributed by atoms with Crippen LogP contribution in [0.1, 0.15) is 79.6 Å². The number of aliphatic hydroxyl groups is 1. The minimum absolute atomic E-state index is 0.0206. The average molecular weight is 495 g/mol. The van der Waals surface area contributed by atoms with Gasteiger partial charge < -0.3 is 19.3 Å². The lowest BCUT2D eigenvalue weighted by Crippen LogP contribution is -2.60. The molecule has 0 aromatic rings. The molecule has 0 unspecified atom stereocenters. The molecule has 6 nitrogen and oxygen atoms in total. The summed E-state index contributed by atoms with van der Waals surface area (Å²) in [6, 6.07) is 0. The zero-order valence-corrected chi connectivity index (χ0v) is 22.1. The number of ether oxygens (including phenoxy) is 3. The van der Waals surface area contributed by atoms with Gasteiger partial charge in [-0.15, -0.1) is 0 Å². The van der Waals surface area contributed by atoms with Gasteiger partial charge in [-0.05, 0) is 84.1 Å². The molecule has 0 aromatic heterocycles. The number of carbonyl (C=O) groups excluding carboxylic acids is 2. The first-order chi connectivity index (χ1) is 16.9. The Bertz CT molecular complexity index is 1200. The fraction of sp³-hybridized carbons (Fsp3) is 0.800. The van der Waals surface area contributed by atoms with Crippen molar-refractivity contribution in [1.82, 2.24) is 0 Å². The molecule has 3 aliphatic heterocycles. The first kappa shape index (κ1) is 22.3. The van der Waals surface area contributed by atoms with Crippen LogP contribution in [0.3, 0.4) is 0 Å². The molecule has 12 atom stereocenters. The van der Waals surface area contributed by atoms with Crippen LogP contribution in [-0.2, 0) is 23.8 Å². The number of fused-ring (bicyclic) bond motifs is 6. The predicted octanol–water partition coefficient (Wildman–Crippen LogP) is 4.25. The Morgan fingerprint density at radius 3 is 2.61 bits per heavy atom. The Labute approximate surface area is 212 Å². The summed E-state index contributed by atoms with van der Waals surface area (Å²) in [4.78, 5) is 27.2. The molecule has 3 saturated carbocycles. The highest BCUT2D eigenvalue weighted by atomic mass is 16.6. The van der Waals surface area contributed by atoms with E-state index in [1.165, 1.54) is 11.1 Å². The van der Waals surface area contributed by atoms with Crippen LogP contribution in [-0.4, -0.2) is 46.1 Å². The first-order valence-corrected chi connectivity index (χ1v) is 14.2. The van der Waals surface area contributed by atoms with E-state index in [4.69, 9.17) is 14.2 Å². The van der Waals surface area contributed by atoms with Crippen LogP contribution in [0.2, 0.25) is 0 Å². The molecular weight excluding hydrogens is 456 g/mol. The minimum atomic E-state index is -1.08. The second-order valence-electron chi connectivity index (χ2n) is 14.1. The van der Waals surface area contributed by atoms with Crippen LogP contribution in [0.15, 0.2) is 22.8 Å². The molecule has 2 bridgehead atoms. The summed E-state index contributed by atoms with van der Waals surface area (Å²) in [5.41, 5.74) is 0.551. The fourth-order valence-electron chi connectivity index (χ4n) is 11.3. The lowest BCUT2D eigenvalue weighted by molar-refractivity contribution is -0.169. The van der Waals surface area contributed by atoms with E-state index < -0.39 is 16.4 Å². The third-order valence-electron chi connectivity index (χ3n) is 13.1. The number of hydrogen-bond donors (Lipinski definition) is 1. The number of esters is 2. The highest BCUT2D eigenvalue weighted by molar-refractivity contribution is 5.85. The van der Waals surface area contributed by atoms with Crippen LogP contribution in [0.25, 0.3) is 0 Å². The van der Waals surface area contributed by atoms with Gasteiger partial charge in [-0.1, -0.05) is 24.1 Å². The summed E-state index contributed by atoms with van der Waals surface area (Å²) in [6.45, 7) is 10.5. The van der Waals surface area contributed by atoms with Crippen molar-refractivity contribution in [2.45, 2.75) is 109 Å². The van der Waals surface area contributed by atoms with Gasteiger partial charge in [-0.25, -0.2) is 0 Å². The highest BCUT2D eigenvalue weighted by Crippen LogP contribution is 2.80. The van der Waals surface area contributed by atoms with Crippen molar-refractivity contribution >= 4 is 11.9 Å². The molecule has 8 aliphatic rings. The van der Waals surface area contributed by atoms with Crippen LogP contribution >= 0.6 is 0 Å². The number of hydrogen-bond acceptors (Lipinski definition) is 6. The zero-order valence-electron chi connectivity index (χ0n) is 22.1. The van der Waals surface area contributed by atoms with Gasteiger partial charge in [-0.2, -0.15) is 0 Å². The highest BCUT2D eigenvalue weighted by Gasteiger charge is 2.84. The van der Waals surface area contributed by atoms with Crippen LogP contribution < -0.4 is 0 Å². The summed E-state index contributed by atoms with van der Waals surface area (Å²) < 4.78 is 19.1. The molecule has 5 aliphatic carbocycles. The monoisotopic (exact) mass is 494 g/mol. The van der Waals surface area contributed by atoms with Crippen molar-refractivity contribution in [3.8, 4) is 0 Å². The van der Waals surface area contributed by atoms with Gasteiger partial charge in [0.15, 0.2) is 0 Å². The van der Waals surface area contributed by atoms with E-state index in [-0.39, 0.29) is 64.9 Å². The van der Waals surface area contributed by atoms with Crippen LogP contribution in [0.4, 0.5) is 0 Å². The molecule has 1 N–H and O–H groups in total. The van der Waals surface area contributed by atoms with E-state index in [1.807, 2.05) is 13.8 Å². The van der Waals surface area contributed by atoms with Gasteiger partial charge in [0.25, 0.3) is 0 Å². The number of epoxide rings is 1. The number of allylic oxidation sites excluding steroid dienone is 1. The topological polar surface area (TPSA) is 85.4 Å². The van der Waals surface area contributed by atoms with Crippen molar-refractivity contribution in [2.24, 2.45) is 40.4 Å². The van der Waals surface area contributed by atoms with Crippen molar-refractivity contribution in [3.05, 3.63) is 22.8 Å². The maximum absolute atomic E-state index is 14.4. The van der Waals surface area contributed by atoms with Crippen molar-refractivity contribution < 1.29 is 28.9 Å². The maximum Gasteiger partial charge on any atom is 0.313 e. The van der Waals surface area contributed by atoms with E-state index >= 15 is 0 Å². The first-order valence-electron chi connectivity index (χ1n) is 14.2.